The molecule has 1 aromatic heterocycles. The maximum absolute atomic E-state index is 6.50. The van der Waals surface area contributed by atoms with Crippen molar-refractivity contribution in [3.8, 4) is 0 Å². The Hall–Kier alpha value is -1.77. The van der Waals surface area contributed by atoms with Crippen LogP contribution >= 0.6 is 11.6 Å². The third kappa shape index (κ3) is 2.45. The number of furan rings is 1. The van der Waals surface area contributed by atoms with Gasteiger partial charge in [0.25, 0.3) is 0 Å². The molecule has 1 heterocycles. The highest BCUT2D eigenvalue weighted by Crippen LogP contribution is 2.34. The van der Waals surface area contributed by atoms with Gasteiger partial charge in [0.15, 0.2) is 0 Å². The SMILES string of the molecule is CCc1oc2ccccc2c1C(N)c1ccc(C)c(Cl)c1. The molecule has 0 amide bonds. The van der Waals surface area contributed by atoms with Gasteiger partial charge >= 0.3 is 0 Å². The van der Waals surface area contributed by atoms with Crippen molar-refractivity contribution in [1.29, 1.82) is 0 Å². The average Bonchev–Trinajstić information content (AvgIpc) is 2.87. The van der Waals surface area contributed by atoms with Crippen LogP contribution in [0.4, 0.5) is 0 Å². The summed E-state index contributed by atoms with van der Waals surface area (Å²) >= 11 is 6.23. The lowest BCUT2D eigenvalue weighted by atomic mass is 9.95. The number of hydrogen-bond donors (Lipinski definition) is 1. The van der Waals surface area contributed by atoms with E-state index < -0.39 is 0 Å². The van der Waals surface area contributed by atoms with Crippen LogP contribution in [-0.2, 0) is 6.42 Å². The lowest BCUT2D eigenvalue weighted by Crippen LogP contribution is -2.13. The van der Waals surface area contributed by atoms with Gasteiger partial charge in [-0.25, -0.2) is 0 Å². The first kappa shape index (κ1) is 14.2. The minimum atomic E-state index is -0.235. The number of halogens is 1. The number of hydrogen-bond acceptors (Lipinski definition) is 2. The molecule has 3 rings (SSSR count). The monoisotopic (exact) mass is 299 g/mol. The molecule has 2 aromatic carbocycles. The summed E-state index contributed by atoms with van der Waals surface area (Å²) in [7, 11) is 0. The largest absolute Gasteiger partial charge is 0.461 e. The minimum absolute atomic E-state index is 0.235. The maximum atomic E-state index is 6.50. The Bertz CT molecular complexity index is 791. The first-order valence-electron chi connectivity index (χ1n) is 7.13. The lowest BCUT2D eigenvalue weighted by Gasteiger charge is -2.14. The van der Waals surface area contributed by atoms with Gasteiger partial charge in [0.05, 0.1) is 6.04 Å². The van der Waals surface area contributed by atoms with Gasteiger partial charge in [-0.3, -0.25) is 0 Å². The van der Waals surface area contributed by atoms with Crippen molar-refractivity contribution in [1.82, 2.24) is 0 Å². The second-order valence-electron chi connectivity index (χ2n) is 5.27. The second-order valence-corrected chi connectivity index (χ2v) is 5.68. The van der Waals surface area contributed by atoms with Gasteiger partial charge in [-0.1, -0.05) is 48.9 Å². The summed E-state index contributed by atoms with van der Waals surface area (Å²) in [5.41, 5.74) is 10.5. The molecule has 0 aliphatic rings. The van der Waals surface area contributed by atoms with E-state index in [2.05, 4.69) is 13.0 Å². The van der Waals surface area contributed by atoms with Crippen molar-refractivity contribution < 1.29 is 4.42 Å². The molecular formula is C18H18ClNO. The Morgan fingerprint density at radius 3 is 2.67 bits per heavy atom. The van der Waals surface area contributed by atoms with E-state index in [9.17, 15) is 0 Å². The van der Waals surface area contributed by atoms with Crippen molar-refractivity contribution in [2.24, 2.45) is 5.73 Å². The number of para-hydroxylation sites is 1. The molecule has 1 atom stereocenters. The van der Waals surface area contributed by atoms with Gasteiger partial charge in [-0.2, -0.15) is 0 Å². The molecule has 0 radical (unpaired) electrons. The summed E-state index contributed by atoms with van der Waals surface area (Å²) < 4.78 is 5.93. The molecule has 0 fully saturated rings. The van der Waals surface area contributed by atoms with Gasteiger partial charge in [-0.05, 0) is 30.2 Å². The van der Waals surface area contributed by atoms with Gasteiger partial charge in [0, 0.05) is 22.4 Å². The first-order valence-corrected chi connectivity index (χ1v) is 7.51. The highest BCUT2D eigenvalue weighted by Gasteiger charge is 2.20. The van der Waals surface area contributed by atoms with Crippen LogP contribution in [0, 0.1) is 6.92 Å². The van der Waals surface area contributed by atoms with Crippen molar-refractivity contribution in [3.05, 3.63) is 69.9 Å². The Labute approximate surface area is 129 Å². The Morgan fingerprint density at radius 1 is 1.19 bits per heavy atom. The van der Waals surface area contributed by atoms with Crippen molar-refractivity contribution in [2.45, 2.75) is 26.3 Å². The smallest absolute Gasteiger partial charge is 0.134 e. The second kappa shape index (κ2) is 5.55. The normalized spacial score (nSPS) is 12.8. The van der Waals surface area contributed by atoms with E-state index in [1.54, 1.807) is 0 Å². The Morgan fingerprint density at radius 2 is 1.95 bits per heavy atom. The van der Waals surface area contributed by atoms with Gasteiger partial charge in [0.1, 0.15) is 11.3 Å². The fourth-order valence-corrected chi connectivity index (χ4v) is 2.88. The zero-order valence-electron chi connectivity index (χ0n) is 12.2. The van der Waals surface area contributed by atoms with Gasteiger partial charge in [0.2, 0.25) is 0 Å². The van der Waals surface area contributed by atoms with E-state index in [1.807, 2.05) is 43.3 Å². The summed E-state index contributed by atoms with van der Waals surface area (Å²) in [6.45, 7) is 4.07. The van der Waals surface area contributed by atoms with Crippen molar-refractivity contribution >= 4 is 22.6 Å². The van der Waals surface area contributed by atoms with Crippen LogP contribution in [0.3, 0.4) is 0 Å². The van der Waals surface area contributed by atoms with Gasteiger partial charge < -0.3 is 10.2 Å². The van der Waals surface area contributed by atoms with E-state index in [0.717, 1.165) is 44.9 Å². The Balaban J connectivity index is 2.16. The molecule has 2 nitrogen and oxygen atoms in total. The van der Waals surface area contributed by atoms with Crippen LogP contribution in [0.2, 0.25) is 5.02 Å². The molecule has 0 aliphatic carbocycles. The molecule has 2 N–H and O–H groups in total. The minimum Gasteiger partial charge on any atom is -0.461 e. The fraction of sp³-hybridized carbons (Fsp3) is 0.222. The highest BCUT2D eigenvalue weighted by molar-refractivity contribution is 6.31. The van der Waals surface area contributed by atoms with Crippen molar-refractivity contribution in [3.63, 3.8) is 0 Å². The number of aryl methyl sites for hydroxylation is 2. The maximum Gasteiger partial charge on any atom is 0.134 e. The summed E-state index contributed by atoms with van der Waals surface area (Å²) in [5.74, 6) is 0.945. The summed E-state index contributed by atoms with van der Waals surface area (Å²) in [4.78, 5) is 0. The molecule has 0 spiro atoms. The predicted molar refractivity (Wildman–Crippen MR) is 87.8 cm³/mol. The van der Waals surface area contributed by atoms with E-state index in [1.165, 1.54) is 0 Å². The molecule has 0 bridgehead atoms. The zero-order valence-corrected chi connectivity index (χ0v) is 12.9. The molecule has 108 valence electrons. The van der Waals surface area contributed by atoms with Crippen LogP contribution < -0.4 is 5.73 Å². The summed E-state index contributed by atoms with van der Waals surface area (Å²) in [5, 5.41) is 1.83. The molecule has 21 heavy (non-hydrogen) atoms. The third-order valence-electron chi connectivity index (χ3n) is 3.90. The topological polar surface area (TPSA) is 39.2 Å². The predicted octanol–water partition coefficient (Wildman–Crippen LogP) is 5.01. The van der Waals surface area contributed by atoms with Crippen molar-refractivity contribution in [2.75, 3.05) is 0 Å². The lowest BCUT2D eigenvalue weighted by molar-refractivity contribution is 0.546. The molecule has 0 saturated heterocycles. The van der Waals surface area contributed by atoms with Crippen LogP contribution in [0.15, 0.2) is 46.9 Å². The summed E-state index contributed by atoms with van der Waals surface area (Å²) in [6.07, 6.45) is 0.817. The number of rotatable bonds is 3. The standard InChI is InChI=1S/C18H18ClNO/c1-3-15-17(13-6-4-5-7-16(13)21-15)18(20)12-9-8-11(2)14(19)10-12/h4-10,18H,3,20H2,1-2H3. The van der Waals surface area contributed by atoms with Gasteiger partial charge in [-0.15, -0.1) is 0 Å². The van der Waals surface area contributed by atoms with E-state index in [4.69, 9.17) is 21.8 Å². The van der Waals surface area contributed by atoms with Crippen LogP contribution in [0.25, 0.3) is 11.0 Å². The average molecular weight is 300 g/mol. The fourth-order valence-electron chi connectivity index (χ4n) is 2.69. The molecule has 3 aromatic rings. The number of benzene rings is 2. The molecule has 3 heteroatoms. The first-order chi connectivity index (χ1) is 10.1. The molecule has 0 saturated carbocycles. The number of fused-ring (bicyclic) bond motifs is 1. The molecule has 1 unspecified atom stereocenters. The van der Waals surface area contributed by atoms with E-state index in [-0.39, 0.29) is 6.04 Å². The zero-order chi connectivity index (χ0) is 15.0. The summed E-state index contributed by atoms with van der Waals surface area (Å²) in [6, 6.07) is 13.8. The quantitative estimate of drug-likeness (QED) is 0.738. The van der Waals surface area contributed by atoms with E-state index >= 15 is 0 Å². The van der Waals surface area contributed by atoms with E-state index in [0.29, 0.717) is 0 Å². The molecule has 0 aliphatic heterocycles. The molecular weight excluding hydrogens is 282 g/mol. The Kier molecular flexibility index (Phi) is 3.75. The van der Waals surface area contributed by atoms with Crippen LogP contribution in [0.1, 0.15) is 35.4 Å². The van der Waals surface area contributed by atoms with Crippen LogP contribution in [-0.4, -0.2) is 0 Å². The number of nitrogens with two attached hydrogens (primary N) is 1. The third-order valence-corrected chi connectivity index (χ3v) is 4.31. The highest BCUT2D eigenvalue weighted by atomic mass is 35.5. The van der Waals surface area contributed by atoms with Crippen LogP contribution in [0.5, 0.6) is 0 Å².